The summed E-state index contributed by atoms with van der Waals surface area (Å²) in [6, 6.07) is 0. The van der Waals surface area contributed by atoms with Gasteiger partial charge in [0.25, 0.3) is 0 Å². The monoisotopic (exact) mass is 318 g/mol. The highest BCUT2D eigenvalue weighted by atomic mass is 79.9. The normalized spacial score (nSPS) is 14.1. The number of aryl methyl sites for hydroxylation is 2. The van der Waals surface area contributed by atoms with Crippen molar-refractivity contribution in [3.8, 4) is 0 Å². The summed E-state index contributed by atoms with van der Waals surface area (Å²) in [5, 5.41) is 13.4. The maximum Gasteiger partial charge on any atom is 0.323 e. The molecule has 1 aromatic heterocycles. The molecule has 0 fully saturated rings. The van der Waals surface area contributed by atoms with Crippen molar-refractivity contribution < 1.29 is 19.4 Å². The van der Waals surface area contributed by atoms with Gasteiger partial charge in [-0.1, -0.05) is 0 Å². The zero-order valence-corrected chi connectivity index (χ0v) is 12.2. The van der Waals surface area contributed by atoms with Crippen molar-refractivity contribution in [3.63, 3.8) is 0 Å². The Balaban J connectivity index is 3.20. The molecule has 0 radical (unpaired) electrons. The number of carbonyl (C=O) groups is 2. The zero-order chi connectivity index (χ0) is 14.1. The van der Waals surface area contributed by atoms with Gasteiger partial charge in [-0.2, -0.15) is 5.10 Å². The number of ether oxygens (including phenoxy) is 1. The fraction of sp³-hybridized carbons (Fsp3) is 0.545. The lowest BCUT2D eigenvalue weighted by Crippen LogP contribution is -2.40. The van der Waals surface area contributed by atoms with E-state index in [0.29, 0.717) is 10.2 Å². The molecular formula is C11H15BrN2O4. The van der Waals surface area contributed by atoms with Crippen LogP contribution in [0.5, 0.6) is 0 Å². The number of nitrogens with zero attached hydrogens (tertiary/aromatic N) is 2. The third-order valence-corrected chi connectivity index (χ3v) is 3.92. The zero-order valence-electron chi connectivity index (χ0n) is 10.7. The summed E-state index contributed by atoms with van der Waals surface area (Å²) in [7, 11) is 2.87. The van der Waals surface area contributed by atoms with Crippen LogP contribution in [0.25, 0.3) is 0 Å². The van der Waals surface area contributed by atoms with Gasteiger partial charge in [-0.3, -0.25) is 14.3 Å². The Morgan fingerprint density at radius 3 is 2.44 bits per heavy atom. The third-order valence-electron chi connectivity index (χ3n) is 2.89. The summed E-state index contributed by atoms with van der Waals surface area (Å²) < 4.78 is 6.84. The SMILES string of the molecule is COC(=O)C(C)(Cc1c(Br)c(C)nn1C)C(=O)O. The fourth-order valence-electron chi connectivity index (χ4n) is 1.67. The van der Waals surface area contributed by atoms with Crippen LogP contribution in [0.2, 0.25) is 0 Å². The number of methoxy groups -OCH3 is 1. The first kappa shape index (κ1) is 14.7. The van der Waals surface area contributed by atoms with Crippen LogP contribution in [0.4, 0.5) is 0 Å². The van der Waals surface area contributed by atoms with Crippen LogP contribution in [0, 0.1) is 12.3 Å². The van der Waals surface area contributed by atoms with Crippen LogP contribution >= 0.6 is 15.9 Å². The second-order valence-corrected chi connectivity index (χ2v) is 5.07. The third kappa shape index (κ3) is 2.40. The smallest absolute Gasteiger partial charge is 0.323 e. The molecule has 100 valence electrons. The van der Waals surface area contributed by atoms with E-state index < -0.39 is 17.4 Å². The highest BCUT2D eigenvalue weighted by Gasteiger charge is 2.44. The maximum atomic E-state index is 11.7. The molecule has 0 aromatic carbocycles. The van der Waals surface area contributed by atoms with Gasteiger partial charge in [0.05, 0.1) is 23.0 Å². The molecular weight excluding hydrogens is 304 g/mol. The summed E-state index contributed by atoms with van der Waals surface area (Å²) in [6.45, 7) is 3.14. The van der Waals surface area contributed by atoms with E-state index in [2.05, 4.69) is 25.8 Å². The van der Waals surface area contributed by atoms with Gasteiger partial charge in [0.2, 0.25) is 0 Å². The first-order chi connectivity index (χ1) is 8.24. The number of hydrogen-bond acceptors (Lipinski definition) is 4. The van der Waals surface area contributed by atoms with Gasteiger partial charge in [0.15, 0.2) is 5.41 Å². The van der Waals surface area contributed by atoms with E-state index in [1.807, 2.05) is 0 Å². The number of esters is 1. The molecule has 18 heavy (non-hydrogen) atoms. The molecule has 7 heteroatoms. The van der Waals surface area contributed by atoms with Crippen molar-refractivity contribution in [2.75, 3.05) is 7.11 Å². The van der Waals surface area contributed by atoms with Gasteiger partial charge in [-0.25, -0.2) is 0 Å². The number of carboxylic acids is 1. The molecule has 1 rings (SSSR count). The van der Waals surface area contributed by atoms with E-state index in [1.54, 1.807) is 18.7 Å². The van der Waals surface area contributed by atoms with E-state index in [9.17, 15) is 14.7 Å². The molecule has 6 nitrogen and oxygen atoms in total. The summed E-state index contributed by atoms with van der Waals surface area (Å²) in [4.78, 5) is 23.0. The number of carbonyl (C=O) groups excluding carboxylic acids is 1. The van der Waals surface area contributed by atoms with Crippen LogP contribution < -0.4 is 0 Å². The van der Waals surface area contributed by atoms with Gasteiger partial charge in [-0.15, -0.1) is 0 Å². The predicted octanol–water partition coefficient (Wildman–Crippen LogP) is 1.30. The number of rotatable bonds is 4. The molecule has 0 spiro atoms. The molecule has 0 saturated heterocycles. The van der Waals surface area contributed by atoms with Crippen LogP contribution in [0.1, 0.15) is 18.3 Å². The van der Waals surface area contributed by atoms with Crippen molar-refractivity contribution in [1.29, 1.82) is 0 Å². The fourth-order valence-corrected chi connectivity index (χ4v) is 2.14. The van der Waals surface area contributed by atoms with Crippen LogP contribution in [-0.2, 0) is 27.8 Å². The van der Waals surface area contributed by atoms with E-state index in [4.69, 9.17) is 0 Å². The Hall–Kier alpha value is -1.37. The first-order valence-corrected chi connectivity index (χ1v) is 6.03. The summed E-state index contributed by atoms with van der Waals surface area (Å²) >= 11 is 3.35. The lowest BCUT2D eigenvalue weighted by molar-refractivity contribution is -0.165. The van der Waals surface area contributed by atoms with Crippen molar-refractivity contribution in [2.45, 2.75) is 20.3 Å². The molecule has 0 aliphatic rings. The van der Waals surface area contributed by atoms with Crippen molar-refractivity contribution in [2.24, 2.45) is 12.5 Å². The average molecular weight is 319 g/mol. The molecule has 1 aromatic rings. The van der Waals surface area contributed by atoms with Crippen LogP contribution in [0.3, 0.4) is 0 Å². The van der Waals surface area contributed by atoms with Gasteiger partial charge in [0, 0.05) is 13.5 Å². The van der Waals surface area contributed by atoms with Gasteiger partial charge in [0.1, 0.15) is 0 Å². The molecule has 1 unspecified atom stereocenters. The van der Waals surface area contributed by atoms with Gasteiger partial charge in [-0.05, 0) is 29.8 Å². The average Bonchev–Trinajstić information content (AvgIpc) is 2.54. The molecule has 0 amide bonds. The van der Waals surface area contributed by atoms with Crippen molar-refractivity contribution in [1.82, 2.24) is 9.78 Å². The Morgan fingerprint density at radius 2 is 2.11 bits per heavy atom. The number of hydrogen-bond donors (Lipinski definition) is 1. The minimum absolute atomic E-state index is 0.00687. The second-order valence-electron chi connectivity index (χ2n) is 4.28. The summed E-state index contributed by atoms with van der Waals surface area (Å²) in [5.74, 6) is -2.00. The first-order valence-electron chi connectivity index (χ1n) is 5.23. The van der Waals surface area contributed by atoms with Crippen LogP contribution in [0.15, 0.2) is 4.47 Å². The van der Waals surface area contributed by atoms with Gasteiger partial charge >= 0.3 is 11.9 Å². The second kappa shape index (κ2) is 5.09. The summed E-state index contributed by atoms with van der Waals surface area (Å²) in [6.07, 6.45) is 0.00687. The molecule has 0 saturated carbocycles. The molecule has 0 aliphatic heterocycles. The van der Waals surface area contributed by atoms with E-state index in [0.717, 1.165) is 5.69 Å². The predicted molar refractivity (Wildman–Crippen MR) is 67.1 cm³/mol. The maximum absolute atomic E-state index is 11.7. The Morgan fingerprint density at radius 1 is 1.56 bits per heavy atom. The van der Waals surface area contributed by atoms with Crippen molar-refractivity contribution in [3.05, 3.63) is 15.9 Å². The largest absolute Gasteiger partial charge is 0.480 e. The number of carboxylic acid groups (broad SMARTS) is 1. The molecule has 1 heterocycles. The topological polar surface area (TPSA) is 81.4 Å². The Bertz CT molecular complexity index is 497. The molecule has 0 aliphatic carbocycles. The number of halogens is 1. The minimum atomic E-state index is -1.63. The van der Waals surface area contributed by atoms with E-state index in [1.165, 1.54) is 14.0 Å². The summed E-state index contributed by atoms with van der Waals surface area (Å²) in [5.41, 5.74) is -0.245. The lowest BCUT2D eigenvalue weighted by atomic mass is 9.85. The highest BCUT2D eigenvalue weighted by Crippen LogP contribution is 2.30. The molecule has 1 N–H and O–H groups in total. The number of aromatic nitrogens is 2. The minimum Gasteiger partial charge on any atom is -0.480 e. The Kier molecular flexibility index (Phi) is 4.16. The quantitative estimate of drug-likeness (QED) is 0.668. The molecule has 0 bridgehead atoms. The lowest BCUT2D eigenvalue weighted by Gasteiger charge is -2.21. The van der Waals surface area contributed by atoms with E-state index in [-0.39, 0.29) is 6.42 Å². The standard InChI is InChI=1S/C11H15BrN2O4/c1-6-8(12)7(14(3)13-6)5-11(2,9(15)16)10(17)18-4/h5H2,1-4H3,(H,15,16). The molecule has 1 atom stereocenters. The Labute approximate surface area is 113 Å². The van der Waals surface area contributed by atoms with Gasteiger partial charge < -0.3 is 9.84 Å². The number of aliphatic carboxylic acids is 1. The van der Waals surface area contributed by atoms with Crippen LogP contribution in [-0.4, -0.2) is 33.9 Å². The highest BCUT2D eigenvalue weighted by molar-refractivity contribution is 9.10. The van der Waals surface area contributed by atoms with Crippen molar-refractivity contribution >= 4 is 27.9 Å². The van der Waals surface area contributed by atoms with E-state index >= 15 is 0 Å².